The third kappa shape index (κ3) is 2.70. The van der Waals surface area contributed by atoms with Crippen LogP contribution in [-0.2, 0) is 6.54 Å². The van der Waals surface area contributed by atoms with Crippen molar-refractivity contribution < 1.29 is 18.3 Å². The fourth-order valence-corrected chi connectivity index (χ4v) is 2.72. The maximum atomic E-state index is 13.9. The normalized spacial score (nSPS) is 11.0. The average molecular weight is 315 g/mol. The second-order valence-electron chi connectivity index (χ2n) is 5.32. The van der Waals surface area contributed by atoms with E-state index in [1.165, 1.54) is 26.2 Å². The van der Waals surface area contributed by atoms with Crippen molar-refractivity contribution in [1.82, 2.24) is 4.57 Å². The number of nitrogens with zero attached hydrogens (tertiary/aromatic N) is 1. The van der Waals surface area contributed by atoms with E-state index in [-0.39, 0.29) is 12.3 Å². The smallest absolute Gasteiger partial charge is 0.162 e. The van der Waals surface area contributed by atoms with Crippen LogP contribution in [0.25, 0.3) is 10.9 Å². The fraction of sp³-hybridized carbons (Fsp3) is 0.167. The van der Waals surface area contributed by atoms with Gasteiger partial charge in [0.15, 0.2) is 5.78 Å². The van der Waals surface area contributed by atoms with Crippen molar-refractivity contribution in [3.63, 3.8) is 0 Å². The van der Waals surface area contributed by atoms with Crippen LogP contribution < -0.4 is 4.74 Å². The largest absolute Gasteiger partial charge is 0.496 e. The van der Waals surface area contributed by atoms with E-state index in [1.807, 2.05) is 12.1 Å². The molecule has 0 amide bonds. The maximum absolute atomic E-state index is 13.9. The molecule has 0 N–H and O–H groups in total. The molecule has 0 aliphatic rings. The topological polar surface area (TPSA) is 31.2 Å². The zero-order chi connectivity index (χ0) is 16.6. The Bertz CT molecular complexity index is 899. The van der Waals surface area contributed by atoms with Crippen molar-refractivity contribution in [3.05, 3.63) is 65.4 Å². The molecule has 0 saturated heterocycles. The molecule has 1 aromatic heterocycles. The number of aromatic nitrogens is 1. The second kappa shape index (κ2) is 5.83. The summed E-state index contributed by atoms with van der Waals surface area (Å²) in [5, 5.41) is 0.699. The van der Waals surface area contributed by atoms with Crippen molar-refractivity contribution in [1.29, 1.82) is 0 Å². The number of Topliss-reactive ketones (excluding diaryl/α,β-unsaturated/α-hetero) is 1. The Morgan fingerprint density at radius 1 is 1.22 bits per heavy atom. The molecule has 2 aromatic carbocycles. The minimum absolute atomic E-state index is 0.0992. The molecule has 0 unspecified atom stereocenters. The third-order valence-corrected chi connectivity index (χ3v) is 3.82. The van der Waals surface area contributed by atoms with Gasteiger partial charge in [0.25, 0.3) is 0 Å². The molecule has 3 rings (SSSR count). The van der Waals surface area contributed by atoms with Crippen molar-refractivity contribution >= 4 is 16.7 Å². The number of carbonyl (C=O) groups excluding carboxylic acids is 1. The highest BCUT2D eigenvalue weighted by atomic mass is 19.1. The number of methoxy groups -OCH3 is 1. The van der Waals surface area contributed by atoms with E-state index in [0.717, 1.165) is 11.6 Å². The number of carbonyl (C=O) groups is 1. The van der Waals surface area contributed by atoms with Crippen LogP contribution in [0, 0.1) is 11.6 Å². The van der Waals surface area contributed by atoms with E-state index in [1.54, 1.807) is 16.8 Å². The van der Waals surface area contributed by atoms with Crippen LogP contribution in [0.3, 0.4) is 0 Å². The second-order valence-corrected chi connectivity index (χ2v) is 5.32. The molecular weight excluding hydrogens is 300 g/mol. The molecule has 1 heterocycles. The Labute approximate surface area is 132 Å². The number of benzene rings is 2. The molecule has 0 atom stereocenters. The molecule has 0 fully saturated rings. The Morgan fingerprint density at radius 2 is 2.00 bits per heavy atom. The van der Waals surface area contributed by atoms with Crippen LogP contribution in [0.2, 0.25) is 0 Å². The summed E-state index contributed by atoms with van der Waals surface area (Å²) in [4.78, 5) is 11.9. The molecule has 0 bridgehead atoms. The summed E-state index contributed by atoms with van der Waals surface area (Å²) in [5.41, 5.74) is 1.62. The molecule has 118 valence electrons. The van der Waals surface area contributed by atoms with Crippen LogP contribution in [0.4, 0.5) is 8.78 Å². The van der Waals surface area contributed by atoms with Crippen molar-refractivity contribution in [2.24, 2.45) is 0 Å². The Morgan fingerprint density at radius 3 is 2.65 bits per heavy atom. The van der Waals surface area contributed by atoms with E-state index >= 15 is 0 Å². The quantitative estimate of drug-likeness (QED) is 0.676. The number of ketones is 1. The van der Waals surface area contributed by atoms with Gasteiger partial charge in [-0.15, -0.1) is 0 Å². The van der Waals surface area contributed by atoms with Crippen LogP contribution in [0.1, 0.15) is 22.8 Å². The first-order valence-electron chi connectivity index (χ1n) is 7.12. The van der Waals surface area contributed by atoms with Crippen LogP contribution in [0.5, 0.6) is 5.75 Å². The molecule has 3 aromatic rings. The van der Waals surface area contributed by atoms with E-state index in [9.17, 15) is 13.6 Å². The summed E-state index contributed by atoms with van der Waals surface area (Å²) < 4.78 is 34.0. The first-order valence-corrected chi connectivity index (χ1v) is 7.12. The number of hydrogen-bond acceptors (Lipinski definition) is 2. The number of hydrogen-bond donors (Lipinski definition) is 0. The Balaban J connectivity index is 2.16. The van der Waals surface area contributed by atoms with Crippen molar-refractivity contribution in [2.45, 2.75) is 13.5 Å². The predicted molar refractivity (Wildman–Crippen MR) is 84.0 cm³/mol. The number of halogens is 2. The van der Waals surface area contributed by atoms with Gasteiger partial charge in [0, 0.05) is 23.4 Å². The molecule has 0 aliphatic carbocycles. The zero-order valence-electron chi connectivity index (χ0n) is 12.8. The highest BCUT2D eigenvalue weighted by molar-refractivity contribution is 6.09. The Hall–Kier alpha value is -2.69. The predicted octanol–water partition coefficient (Wildman–Crippen LogP) is 4.18. The van der Waals surface area contributed by atoms with Crippen molar-refractivity contribution in [3.8, 4) is 5.75 Å². The SMILES string of the molecule is COc1cccc2c1c(C(C)=O)cn2Cc1ccc(F)cc1F. The van der Waals surface area contributed by atoms with Crippen LogP contribution in [-0.4, -0.2) is 17.5 Å². The van der Waals surface area contributed by atoms with Gasteiger partial charge in [-0.05, 0) is 25.1 Å². The van der Waals surface area contributed by atoms with Gasteiger partial charge < -0.3 is 9.30 Å². The summed E-state index contributed by atoms with van der Waals surface area (Å²) in [5.74, 6) is -0.738. The van der Waals surface area contributed by atoms with Crippen LogP contribution >= 0.6 is 0 Å². The molecule has 3 nitrogen and oxygen atoms in total. The summed E-state index contributed by atoms with van der Waals surface area (Å²) in [6, 6.07) is 8.90. The summed E-state index contributed by atoms with van der Waals surface area (Å²) >= 11 is 0. The highest BCUT2D eigenvalue weighted by Gasteiger charge is 2.17. The Kier molecular flexibility index (Phi) is 3.86. The third-order valence-electron chi connectivity index (χ3n) is 3.82. The lowest BCUT2D eigenvalue weighted by atomic mass is 10.1. The van der Waals surface area contributed by atoms with Gasteiger partial charge in [-0.2, -0.15) is 0 Å². The van der Waals surface area contributed by atoms with Crippen LogP contribution in [0.15, 0.2) is 42.6 Å². The molecule has 0 spiro atoms. The van der Waals surface area contributed by atoms with E-state index in [0.29, 0.717) is 22.3 Å². The maximum Gasteiger partial charge on any atom is 0.162 e. The molecule has 0 aliphatic heterocycles. The minimum atomic E-state index is -0.616. The van der Waals surface area contributed by atoms with E-state index < -0.39 is 11.6 Å². The monoisotopic (exact) mass is 315 g/mol. The number of rotatable bonds is 4. The number of ether oxygens (including phenoxy) is 1. The first kappa shape index (κ1) is 15.2. The average Bonchev–Trinajstić information content (AvgIpc) is 2.89. The zero-order valence-corrected chi connectivity index (χ0v) is 12.8. The number of fused-ring (bicyclic) bond motifs is 1. The van der Waals surface area contributed by atoms with Gasteiger partial charge in [0.2, 0.25) is 0 Å². The molecule has 0 saturated carbocycles. The lowest BCUT2D eigenvalue weighted by Crippen LogP contribution is -2.01. The van der Waals surface area contributed by atoms with Gasteiger partial charge in [-0.3, -0.25) is 4.79 Å². The molecular formula is C18H15F2NO2. The standard InChI is InChI=1S/C18H15F2NO2/c1-11(22)14-10-21(9-12-6-7-13(19)8-15(12)20)16-4-3-5-17(23-2)18(14)16/h3-8,10H,9H2,1-2H3. The minimum Gasteiger partial charge on any atom is -0.496 e. The van der Waals surface area contributed by atoms with Gasteiger partial charge in [-0.1, -0.05) is 12.1 Å². The lowest BCUT2D eigenvalue weighted by Gasteiger charge is -2.08. The van der Waals surface area contributed by atoms with Gasteiger partial charge in [0.1, 0.15) is 17.4 Å². The molecule has 23 heavy (non-hydrogen) atoms. The molecule has 5 heteroatoms. The summed E-state index contributed by atoms with van der Waals surface area (Å²) in [6.07, 6.45) is 1.68. The van der Waals surface area contributed by atoms with Gasteiger partial charge in [-0.25, -0.2) is 8.78 Å². The summed E-state index contributed by atoms with van der Waals surface area (Å²) in [6.45, 7) is 1.67. The fourth-order valence-electron chi connectivity index (χ4n) is 2.72. The summed E-state index contributed by atoms with van der Waals surface area (Å²) in [7, 11) is 1.54. The first-order chi connectivity index (χ1) is 11.0. The van der Waals surface area contributed by atoms with E-state index in [2.05, 4.69) is 0 Å². The van der Waals surface area contributed by atoms with Gasteiger partial charge >= 0.3 is 0 Å². The van der Waals surface area contributed by atoms with E-state index in [4.69, 9.17) is 4.74 Å². The molecule has 0 radical (unpaired) electrons. The van der Waals surface area contributed by atoms with Crippen molar-refractivity contribution in [2.75, 3.05) is 7.11 Å². The lowest BCUT2D eigenvalue weighted by molar-refractivity contribution is 0.101. The highest BCUT2D eigenvalue weighted by Crippen LogP contribution is 2.31. The van der Waals surface area contributed by atoms with Gasteiger partial charge in [0.05, 0.1) is 24.6 Å².